The highest BCUT2D eigenvalue weighted by molar-refractivity contribution is 9.10. The van der Waals surface area contributed by atoms with Gasteiger partial charge in [0.1, 0.15) is 12.4 Å². The number of aliphatic imine (C=N–C) groups is 1. The van der Waals surface area contributed by atoms with Crippen molar-refractivity contribution in [3.05, 3.63) is 90.5 Å². The fraction of sp³-hybridized carbons (Fsp3) is 0.154. The van der Waals surface area contributed by atoms with Gasteiger partial charge in [-0.25, -0.2) is 9.38 Å². The number of thioether (sulfide) groups is 1. The zero-order valence-corrected chi connectivity index (χ0v) is 23.1. The van der Waals surface area contributed by atoms with Crippen molar-refractivity contribution >= 4 is 66.5 Å². The summed E-state index contributed by atoms with van der Waals surface area (Å²) >= 11 is 8.33. The quantitative estimate of drug-likeness (QED) is 0.291. The minimum atomic E-state index is -0.334. The molecule has 1 aliphatic rings. The van der Waals surface area contributed by atoms with Gasteiger partial charge in [0, 0.05) is 10.0 Å². The third kappa shape index (κ3) is 5.97. The minimum absolute atomic E-state index is 0.0508. The van der Waals surface area contributed by atoms with Crippen LogP contribution < -0.4 is 14.8 Å². The molecule has 0 aromatic heterocycles. The van der Waals surface area contributed by atoms with Gasteiger partial charge >= 0.3 is 0 Å². The lowest BCUT2D eigenvalue weighted by Gasteiger charge is -2.14. The summed E-state index contributed by atoms with van der Waals surface area (Å²) in [5, 5.41) is 3.33. The van der Waals surface area contributed by atoms with Gasteiger partial charge in [-0.3, -0.25) is 4.79 Å². The number of carbonyl (C=O) groups excluding carboxylic acids is 1. The molecular weight excluding hydrogens is 599 g/mol. The predicted molar refractivity (Wildman–Crippen MR) is 146 cm³/mol. The smallest absolute Gasteiger partial charge is 0.264 e. The first kappa shape index (κ1) is 25.5. The van der Waals surface area contributed by atoms with Crippen LogP contribution in [0.4, 0.5) is 10.1 Å². The van der Waals surface area contributed by atoms with E-state index in [1.54, 1.807) is 30.3 Å². The average Bonchev–Trinajstić information content (AvgIpc) is 3.15. The molecule has 3 aromatic rings. The van der Waals surface area contributed by atoms with Gasteiger partial charge in [0.05, 0.1) is 22.2 Å². The van der Waals surface area contributed by atoms with E-state index in [4.69, 9.17) is 9.47 Å². The molecule has 3 aromatic carbocycles. The fourth-order valence-corrected chi connectivity index (χ4v) is 5.11. The number of aryl methyl sites for hydroxylation is 2. The van der Waals surface area contributed by atoms with Crippen LogP contribution in [0, 0.1) is 19.7 Å². The molecule has 0 unspecified atom stereocenters. The molecule has 1 N–H and O–H groups in total. The van der Waals surface area contributed by atoms with Crippen molar-refractivity contribution < 1.29 is 18.7 Å². The van der Waals surface area contributed by atoms with E-state index in [-0.39, 0.29) is 18.3 Å². The van der Waals surface area contributed by atoms with Crippen molar-refractivity contribution in [2.45, 2.75) is 20.5 Å². The number of rotatable bonds is 6. The highest BCUT2D eigenvalue weighted by atomic mass is 79.9. The molecule has 5 nitrogen and oxygen atoms in total. The SMILES string of the molecule is COc1cc(/C=C2\SC(=Nc3cc(C)c(Br)c(C)c3)NC2=O)cc(Br)c1OCc1ccccc1F. The molecule has 1 aliphatic heterocycles. The second-order valence-corrected chi connectivity index (χ2v) is 10.5. The van der Waals surface area contributed by atoms with Gasteiger partial charge in [-0.1, -0.05) is 34.1 Å². The van der Waals surface area contributed by atoms with E-state index in [1.807, 2.05) is 32.0 Å². The van der Waals surface area contributed by atoms with Crippen LogP contribution in [0.5, 0.6) is 11.5 Å². The summed E-state index contributed by atoms with van der Waals surface area (Å²) in [6, 6.07) is 13.9. The Labute approximate surface area is 224 Å². The number of halogens is 3. The lowest BCUT2D eigenvalue weighted by Crippen LogP contribution is -2.19. The number of hydrogen-bond acceptors (Lipinski definition) is 5. The van der Waals surface area contributed by atoms with Crippen LogP contribution in [0.15, 0.2) is 67.4 Å². The van der Waals surface area contributed by atoms with Crippen LogP contribution in [0.2, 0.25) is 0 Å². The summed E-state index contributed by atoms with van der Waals surface area (Å²) in [5.41, 5.74) is 4.09. The molecule has 0 spiro atoms. The molecule has 4 rings (SSSR count). The van der Waals surface area contributed by atoms with E-state index in [0.29, 0.717) is 31.6 Å². The molecular formula is C26H21Br2FN2O3S. The largest absolute Gasteiger partial charge is 0.493 e. The van der Waals surface area contributed by atoms with Crippen molar-refractivity contribution in [3.63, 3.8) is 0 Å². The third-order valence-corrected chi connectivity index (χ3v) is 7.93. The Bertz CT molecular complexity index is 1350. The van der Waals surface area contributed by atoms with Crippen LogP contribution in [0.1, 0.15) is 22.3 Å². The summed E-state index contributed by atoms with van der Waals surface area (Å²) < 4.78 is 27.0. The monoisotopic (exact) mass is 618 g/mol. The number of ether oxygens (including phenoxy) is 2. The van der Waals surface area contributed by atoms with Gasteiger partial charge in [-0.05, 0) is 94.6 Å². The Kier molecular flexibility index (Phi) is 7.98. The molecule has 1 saturated heterocycles. The molecule has 9 heteroatoms. The Morgan fingerprint density at radius 3 is 2.51 bits per heavy atom. The number of nitrogens with zero attached hydrogens (tertiary/aromatic N) is 1. The van der Waals surface area contributed by atoms with Crippen molar-refractivity contribution in [3.8, 4) is 11.5 Å². The maximum atomic E-state index is 13.9. The number of methoxy groups -OCH3 is 1. The molecule has 0 bridgehead atoms. The zero-order chi connectivity index (χ0) is 25.1. The Morgan fingerprint density at radius 1 is 1.11 bits per heavy atom. The lowest BCUT2D eigenvalue weighted by molar-refractivity contribution is -0.115. The number of nitrogens with one attached hydrogen (secondary N) is 1. The van der Waals surface area contributed by atoms with Crippen molar-refractivity contribution in [2.24, 2.45) is 4.99 Å². The topological polar surface area (TPSA) is 59.9 Å². The van der Waals surface area contributed by atoms with Crippen LogP contribution in [-0.2, 0) is 11.4 Å². The highest BCUT2D eigenvalue weighted by Crippen LogP contribution is 2.39. The van der Waals surface area contributed by atoms with Gasteiger partial charge in [0.15, 0.2) is 16.7 Å². The molecule has 1 heterocycles. The summed E-state index contributed by atoms with van der Waals surface area (Å²) in [5.74, 6) is 0.346. The number of benzene rings is 3. The van der Waals surface area contributed by atoms with E-state index in [1.165, 1.54) is 24.9 Å². The van der Waals surface area contributed by atoms with Gasteiger partial charge in [-0.2, -0.15) is 0 Å². The summed E-state index contributed by atoms with van der Waals surface area (Å²) in [6.45, 7) is 4.05. The van der Waals surface area contributed by atoms with Gasteiger partial charge in [-0.15, -0.1) is 0 Å². The van der Waals surface area contributed by atoms with Gasteiger partial charge in [0.2, 0.25) is 0 Å². The lowest BCUT2D eigenvalue weighted by atomic mass is 10.1. The maximum absolute atomic E-state index is 13.9. The fourth-order valence-electron chi connectivity index (χ4n) is 3.47. The van der Waals surface area contributed by atoms with E-state index < -0.39 is 0 Å². The van der Waals surface area contributed by atoms with Crippen molar-refractivity contribution in [1.29, 1.82) is 0 Å². The summed E-state index contributed by atoms with van der Waals surface area (Å²) in [4.78, 5) is 17.7. The molecule has 1 amide bonds. The van der Waals surface area contributed by atoms with Crippen LogP contribution in [0.3, 0.4) is 0 Å². The molecule has 0 aliphatic carbocycles. The summed E-state index contributed by atoms with van der Waals surface area (Å²) in [7, 11) is 1.53. The van der Waals surface area contributed by atoms with Gasteiger partial charge in [0.25, 0.3) is 5.91 Å². The highest BCUT2D eigenvalue weighted by Gasteiger charge is 2.24. The maximum Gasteiger partial charge on any atom is 0.264 e. The number of carbonyl (C=O) groups is 1. The molecule has 0 radical (unpaired) electrons. The Morgan fingerprint density at radius 2 is 1.83 bits per heavy atom. The Hall–Kier alpha value is -2.62. The van der Waals surface area contributed by atoms with Gasteiger partial charge < -0.3 is 14.8 Å². The van der Waals surface area contributed by atoms with Crippen molar-refractivity contribution in [1.82, 2.24) is 5.32 Å². The normalized spacial score (nSPS) is 15.5. The van der Waals surface area contributed by atoms with Crippen molar-refractivity contribution in [2.75, 3.05) is 7.11 Å². The number of amides is 1. The standard InChI is InChI=1S/C26H21Br2FN2O3S/c1-14-8-18(9-15(2)23(14)28)30-26-31-25(32)22(35-26)12-16-10-19(27)24(21(11-16)33-3)34-13-17-6-4-5-7-20(17)29/h4-12H,13H2,1-3H3,(H,30,31,32)/b22-12-. The second-order valence-electron chi connectivity index (χ2n) is 7.79. The third-order valence-electron chi connectivity index (χ3n) is 5.18. The van der Waals surface area contributed by atoms with Crippen LogP contribution in [0.25, 0.3) is 6.08 Å². The van der Waals surface area contributed by atoms with E-state index in [2.05, 4.69) is 42.2 Å². The van der Waals surface area contributed by atoms with Crippen LogP contribution >= 0.6 is 43.6 Å². The number of amidine groups is 1. The molecule has 180 valence electrons. The van der Waals surface area contributed by atoms with E-state index in [9.17, 15) is 9.18 Å². The first-order valence-electron chi connectivity index (χ1n) is 10.5. The Balaban J connectivity index is 1.55. The number of hydrogen-bond donors (Lipinski definition) is 1. The van der Waals surface area contributed by atoms with E-state index >= 15 is 0 Å². The first-order chi connectivity index (χ1) is 16.7. The predicted octanol–water partition coefficient (Wildman–Crippen LogP) is 7.45. The summed E-state index contributed by atoms with van der Waals surface area (Å²) in [6.07, 6.45) is 1.76. The first-order valence-corrected chi connectivity index (χ1v) is 13.0. The van der Waals surface area contributed by atoms with E-state index in [0.717, 1.165) is 26.9 Å². The molecule has 1 fully saturated rings. The van der Waals surface area contributed by atoms with Crippen LogP contribution in [-0.4, -0.2) is 18.2 Å². The second kappa shape index (κ2) is 11.0. The average molecular weight is 620 g/mol. The molecule has 0 saturated carbocycles. The molecule has 0 atom stereocenters. The molecule has 35 heavy (non-hydrogen) atoms. The zero-order valence-electron chi connectivity index (χ0n) is 19.1. The minimum Gasteiger partial charge on any atom is -0.493 e.